The summed E-state index contributed by atoms with van der Waals surface area (Å²) in [6.07, 6.45) is 1.97. The Bertz CT molecular complexity index is 706. The van der Waals surface area contributed by atoms with E-state index in [4.69, 9.17) is 27.9 Å². The summed E-state index contributed by atoms with van der Waals surface area (Å²) < 4.78 is 5.99. The summed E-state index contributed by atoms with van der Waals surface area (Å²) >= 11 is 11.9. The van der Waals surface area contributed by atoms with E-state index in [1.807, 2.05) is 35.2 Å². The van der Waals surface area contributed by atoms with Gasteiger partial charge in [0.05, 0.1) is 22.8 Å². The van der Waals surface area contributed by atoms with E-state index in [0.29, 0.717) is 28.8 Å². The molecular formula is C19H19Cl2NO2. The molecule has 1 heterocycles. The van der Waals surface area contributed by atoms with Crippen molar-refractivity contribution in [2.45, 2.75) is 25.6 Å². The van der Waals surface area contributed by atoms with Crippen molar-refractivity contribution in [2.75, 3.05) is 13.1 Å². The third-order valence-corrected chi connectivity index (χ3v) is 4.90. The first-order valence-electron chi connectivity index (χ1n) is 8.03. The molecule has 24 heavy (non-hydrogen) atoms. The summed E-state index contributed by atoms with van der Waals surface area (Å²) in [5, 5.41) is 0.854. The molecule has 0 saturated carbocycles. The van der Waals surface area contributed by atoms with Crippen LogP contribution in [-0.4, -0.2) is 30.0 Å². The number of carbonyl (C=O) groups excluding carboxylic acids is 1. The van der Waals surface area contributed by atoms with Gasteiger partial charge in [0.1, 0.15) is 0 Å². The SMILES string of the molecule is O=C(c1ccc(Cl)c(Cl)c1)N1CCC[C@@H](OCc2ccccc2)C1. The van der Waals surface area contributed by atoms with Gasteiger partial charge in [-0.05, 0) is 36.6 Å². The summed E-state index contributed by atoms with van der Waals surface area (Å²) in [7, 11) is 0. The van der Waals surface area contributed by atoms with Gasteiger partial charge in [-0.15, -0.1) is 0 Å². The van der Waals surface area contributed by atoms with Gasteiger partial charge in [0.2, 0.25) is 0 Å². The largest absolute Gasteiger partial charge is 0.372 e. The zero-order valence-electron chi connectivity index (χ0n) is 13.3. The first kappa shape index (κ1) is 17.3. The van der Waals surface area contributed by atoms with Gasteiger partial charge in [0.15, 0.2) is 0 Å². The maximum atomic E-state index is 12.7. The second-order valence-electron chi connectivity index (χ2n) is 5.94. The molecule has 2 aromatic rings. The minimum Gasteiger partial charge on any atom is -0.372 e. The number of ether oxygens (including phenoxy) is 1. The van der Waals surface area contributed by atoms with Crippen LogP contribution in [0.4, 0.5) is 0 Å². The maximum absolute atomic E-state index is 12.7. The van der Waals surface area contributed by atoms with E-state index in [1.165, 1.54) is 0 Å². The van der Waals surface area contributed by atoms with Crippen LogP contribution in [0.2, 0.25) is 10.0 Å². The molecule has 0 aliphatic carbocycles. The standard InChI is InChI=1S/C19H19Cl2NO2/c20-17-9-8-15(11-18(17)21)19(23)22-10-4-7-16(12-22)24-13-14-5-2-1-3-6-14/h1-3,5-6,8-9,11,16H,4,7,10,12-13H2/t16-/m1/s1. The van der Waals surface area contributed by atoms with Crippen molar-refractivity contribution in [1.82, 2.24) is 4.90 Å². The number of halogens is 2. The fourth-order valence-corrected chi connectivity index (χ4v) is 3.16. The molecule has 3 rings (SSSR count). The fourth-order valence-electron chi connectivity index (χ4n) is 2.86. The van der Waals surface area contributed by atoms with E-state index in [1.54, 1.807) is 18.2 Å². The highest BCUT2D eigenvalue weighted by Crippen LogP contribution is 2.24. The number of nitrogens with zero attached hydrogens (tertiary/aromatic N) is 1. The molecule has 0 N–H and O–H groups in total. The van der Waals surface area contributed by atoms with Crippen LogP contribution in [0.15, 0.2) is 48.5 Å². The van der Waals surface area contributed by atoms with Gasteiger partial charge < -0.3 is 9.64 Å². The minimum atomic E-state index is -0.0263. The average molecular weight is 364 g/mol. The smallest absolute Gasteiger partial charge is 0.253 e. The first-order chi connectivity index (χ1) is 11.6. The predicted octanol–water partition coefficient (Wildman–Crippen LogP) is 4.81. The van der Waals surface area contributed by atoms with Crippen molar-refractivity contribution in [3.63, 3.8) is 0 Å². The molecule has 0 bridgehead atoms. The molecule has 0 radical (unpaired) electrons. The number of rotatable bonds is 4. The summed E-state index contributed by atoms with van der Waals surface area (Å²) in [5.74, 6) is -0.0263. The van der Waals surface area contributed by atoms with Crippen molar-refractivity contribution in [3.05, 3.63) is 69.7 Å². The monoisotopic (exact) mass is 363 g/mol. The molecule has 0 aromatic heterocycles. The van der Waals surface area contributed by atoms with Crippen LogP contribution >= 0.6 is 23.2 Å². The lowest BCUT2D eigenvalue weighted by Gasteiger charge is -2.32. The van der Waals surface area contributed by atoms with Crippen LogP contribution in [0.5, 0.6) is 0 Å². The molecular weight excluding hydrogens is 345 g/mol. The molecule has 1 saturated heterocycles. The van der Waals surface area contributed by atoms with Crippen molar-refractivity contribution in [1.29, 1.82) is 0 Å². The van der Waals surface area contributed by atoms with E-state index < -0.39 is 0 Å². The van der Waals surface area contributed by atoms with E-state index in [2.05, 4.69) is 0 Å². The van der Waals surface area contributed by atoms with E-state index in [-0.39, 0.29) is 12.0 Å². The highest BCUT2D eigenvalue weighted by Gasteiger charge is 2.25. The van der Waals surface area contributed by atoms with Gasteiger partial charge in [-0.25, -0.2) is 0 Å². The highest BCUT2D eigenvalue weighted by molar-refractivity contribution is 6.42. The zero-order chi connectivity index (χ0) is 16.9. The van der Waals surface area contributed by atoms with Crippen molar-refractivity contribution in [3.8, 4) is 0 Å². The molecule has 5 heteroatoms. The summed E-state index contributed by atoms with van der Waals surface area (Å²) in [4.78, 5) is 14.5. The Morgan fingerprint density at radius 1 is 1.12 bits per heavy atom. The zero-order valence-corrected chi connectivity index (χ0v) is 14.8. The second-order valence-corrected chi connectivity index (χ2v) is 6.76. The van der Waals surface area contributed by atoms with Crippen LogP contribution in [0, 0.1) is 0 Å². The Balaban J connectivity index is 1.60. The maximum Gasteiger partial charge on any atom is 0.253 e. The Kier molecular flexibility index (Phi) is 5.77. The number of amides is 1. The van der Waals surface area contributed by atoms with E-state index >= 15 is 0 Å². The molecule has 0 unspecified atom stereocenters. The number of carbonyl (C=O) groups is 1. The topological polar surface area (TPSA) is 29.5 Å². The Hall–Kier alpha value is -1.55. The number of hydrogen-bond acceptors (Lipinski definition) is 2. The van der Waals surface area contributed by atoms with Crippen molar-refractivity contribution >= 4 is 29.1 Å². The van der Waals surface area contributed by atoms with Gasteiger partial charge in [0, 0.05) is 18.7 Å². The number of piperidine rings is 1. The van der Waals surface area contributed by atoms with Crippen molar-refractivity contribution < 1.29 is 9.53 Å². The molecule has 2 aromatic carbocycles. The third kappa shape index (κ3) is 4.29. The molecule has 1 aliphatic rings. The van der Waals surface area contributed by atoms with Crippen LogP contribution in [0.3, 0.4) is 0 Å². The van der Waals surface area contributed by atoms with E-state index in [0.717, 1.165) is 24.9 Å². The molecule has 1 aliphatic heterocycles. The van der Waals surface area contributed by atoms with Gasteiger partial charge >= 0.3 is 0 Å². The number of hydrogen-bond donors (Lipinski definition) is 0. The average Bonchev–Trinajstić information content (AvgIpc) is 2.63. The lowest BCUT2D eigenvalue weighted by atomic mass is 10.1. The Morgan fingerprint density at radius 3 is 2.67 bits per heavy atom. The molecule has 1 amide bonds. The minimum absolute atomic E-state index is 0.0263. The van der Waals surface area contributed by atoms with Crippen LogP contribution in [-0.2, 0) is 11.3 Å². The van der Waals surface area contributed by atoms with E-state index in [9.17, 15) is 4.79 Å². The predicted molar refractivity (Wildman–Crippen MR) is 96.6 cm³/mol. The van der Waals surface area contributed by atoms with Gasteiger partial charge in [-0.2, -0.15) is 0 Å². The van der Waals surface area contributed by atoms with Crippen LogP contribution < -0.4 is 0 Å². The molecule has 1 atom stereocenters. The molecule has 1 fully saturated rings. The first-order valence-corrected chi connectivity index (χ1v) is 8.79. The second kappa shape index (κ2) is 8.02. The normalized spacial score (nSPS) is 17.8. The molecule has 126 valence electrons. The van der Waals surface area contributed by atoms with Crippen LogP contribution in [0.25, 0.3) is 0 Å². The summed E-state index contributed by atoms with van der Waals surface area (Å²) in [6.45, 7) is 1.91. The molecule has 0 spiro atoms. The van der Waals surface area contributed by atoms with Crippen molar-refractivity contribution in [2.24, 2.45) is 0 Å². The number of likely N-dealkylation sites (tertiary alicyclic amines) is 1. The number of benzene rings is 2. The quantitative estimate of drug-likeness (QED) is 0.779. The lowest BCUT2D eigenvalue weighted by molar-refractivity contribution is -0.00672. The van der Waals surface area contributed by atoms with Crippen LogP contribution in [0.1, 0.15) is 28.8 Å². The highest BCUT2D eigenvalue weighted by atomic mass is 35.5. The summed E-state index contributed by atoms with van der Waals surface area (Å²) in [6, 6.07) is 15.1. The Labute approximate surface area is 152 Å². The lowest BCUT2D eigenvalue weighted by Crippen LogP contribution is -2.43. The van der Waals surface area contributed by atoms with Gasteiger partial charge in [0.25, 0.3) is 5.91 Å². The Morgan fingerprint density at radius 2 is 1.92 bits per heavy atom. The molecule has 3 nitrogen and oxygen atoms in total. The fraction of sp³-hybridized carbons (Fsp3) is 0.316. The van der Waals surface area contributed by atoms with Gasteiger partial charge in [-0.3, -0.25) is 4.79 Å². The summed E-state index contributed by atoms with van der Waals surface area (Å²) in [5.41, 5.74) is 1.71. The van der Waals surface area contributed by atoms with Gasteiger partial charge in [-0.1, -0.05) is 53.5 Å². The third-order valence-electron chi connectivity index (χ3n) is 4.16.